The molecular formula is C20H33N3O3S. The Morgan fingerprint density at radius 1 is 1.11 bits per heavy atom. The van der Waals surface area contributed by atoms with Gasteiger partial charge in [0, 0.05) is 24.0 Å². The molecule has 1 aromatic carbocycles. The van der Waals surface area contributed by atoms with Crippen LogP contribution in [0.3, 0.4) is 0 Å². The Balaban J connectivity index is 1.99. The molecule has 2 amide bonds. The molecular weight excluding hydrogens is 362 g/mol. The van der Waals surface area contributed by atoms with Crippen molar-refractivity contribution in [3.8, 4) is 0 Å². The zero-order chi connectivity index (χ0) is 20.1. The summed E-state index contributed by atoms with van der Waals surface area (Å²) >= 11 is 0. The third-order valence-corrected chi connectivity index (χ3v) is 6.19. The predicted molar refractivity (Wildman–Crippen MR) is 109 cm³/mol. The number of benzene rings is 1. The Morgan fingerprint density at radius 3 is 2.33 bits per heavy atom. The van der Waals surface area contributed by atoms with Gasteiger partial charge in [-0.15, -0.1) is 0 Å². The first kappa shape index (κ1) is 21.7. The van der Waals surface area contributed by atoms with Gasteiger partial charge in [-0.2, -0.15) is 0 Å². The molecule has 1 aromatic rings. The minimum absolute atomic E-state index is 0.0263. The van der Waals surface area contributed by atoms with E-state index in [-0.39, 0.29) is 18.0 Å². The fourth-order valence-corrected chi connectivity index (χ4v) is 5.16. The molecule has 7 heteroatoms. The van der Waals surface area contributed by atoms with E-state index >= 15 is 0 Å². The zero-order valence-electron chi connectivity index (χ0n) is 16.9. The third kappa shape index (κ3) is 6.50. The Bertz CT molecular complexity index is 753. The molecule has 1 fully saturated rings. The maximum absolute atomic E-state index is 12.4. The number of carbonyl (C=O) groups is 1. The second kappa shape index (κ2) is 8.61. The summed E-state index contributed by atoms with van der Waals surface area (Å²) < 4.78 is 25.4. The van der Waals surface area contributed by atoms with Crippen molar-refractivity contribution in [3.63, 3.8) is 0 Å². The summed E-state index contributed by atoms with van der Waals surface area (Å²) in [5.41, 5.74) is 1.81. The van der Waals surface area contributed by atoms with Crippen molar-refractivity contribution in [2.45, 2.75) is 63.8 Å². The van der Waals surface area contributed by atoms with Crippen molar-refractivity contribution in [1.29, 1.82) is 0 Å². The largest absolute Gasteiger partial charge is 0.337 e. The number of sulfonamides is 1. The van der Waals surface area contributed by atoms with E-state index < -0.39 is 15.6 Å². The molecule has 0 aromatic heterocycles. The quantitative estimate of drug-likeness (QED) is 0.663. The second-order valence-electron chi connectivity index (χ2n) is 8.45. The van der Waals surface area contributed by atoms with E-state index in [1.807, 2.05) is 6.07 Å². The lowest BCUT2D eigenvalue weighted by Gasteiger charge is -2.39. The Kier molecular flexibility index (Phi) is 6.92. The highest BCUT2D eigenvalue weighted by Gasteiger charge is 2.35. The molecule has 0 spiro atoms. The van der Waals surface area contributed by atoms with E-state index in [1.165, 1.54) is 30.4 Å². The first-order chi connectivity index (χ1) is 12.5. The maximum Gasteiger partial charge on any atom is 0.314 e. The summed E-state index contributed by atoms with van der Waals surface area (Å²) in [5.74, 6) is 0. The van der Waals surface area contributed by atoms with Gasteiger partial charge in [0.2, 0.25) is 10.0 Å². The van der Waals surface area contributed by atoms with E-state index in [2.05, 4.69) is 40.5 Å². The topological polar surface area (TPSA) is 87.3 Å². The SMILES string of the molecule is Cc1ccccc1C1(CNC(=O)NCC(C)(C)NS(C)(=O)=O)CCCCC1. The van der Waals surface area contributed by atoms with Crippen LogP contribution in [0.5, 0.6) is 0 Å². The number of aryl methyl sites for hydroxylation is 1. The minimum atomic E-state index is -3.33. The molecule has 27 heavy (non-hydrogen) atoms. The number of nitrogens with one attached hydrogen (secondary N) is 3. The van der Waals surface area contributed by atoms with Crippen LogP contribution in [0.25, 0.3) is 0 Å². The van der Waals surface area contributed by atoms with Crippen LogP contribution in [0.2, 0.25) is 0 Å². The van der Waals surface area contributed by atoms with E-state index in [1.54, 1.807) is 13.8 Å². The van der Waals surface area contributed by atoms with Crippen LogP contribution in [0.15, 0.2) is 24.3 Å². The van der Waals surface area contributed by atoms with E-state index in [0.29, 0.717) is 6.54 Å². The average Bonchev–Trinajstić information content (AvgIpc) is 2.57. The van der Waals surface area contributed by atoms with E-state index in [4.69, 9.17) is 0 Å². The summed E-state index contributed by atoms with van der Waals surface area (Å²) in [6.45, 7) is 6.41. The Morgan fingerprint density at radius 2 is 1.74 bits per heavy atom. The van der Waals surface area contributed by atoms with Gasteiger partial charge in [0.1, 0.15) is 0 Å². The number of hydrogen-bond acceptors (Lipinski definition) is 3. The summed E-state index contributed by atoms with van der Waals surface area (Å²) in [7, 11) is -3.33. The smallest absolute Gasteiger partial charge is 0.314 e. The number of carbonyl (C=O) groups excluding carboxylic acids is 1. The van der Waals surface area contributed by atoms with Gasteiger partial charge in [0.25, 0.3) is 0 Å². The van der Waals surface area contributed by atoms with Crippen molar-refractivity contribution in [3.05, 3.63) is 35.4 Å². The van der Waals surface area contributed by atoms with Gasteiger partial charge in [-0.1, -0.05) is 43.5 Å². The Labute approximate surface area is 163 Å². The van der Waals surface area contributed by atoms with Gasteiger partial charge in [-0.25, -0.2) is 17.9 Å². The molecule has 0 heterocycles. The van der Waals surface area contributed by atoms with Crippen LogP contribution in [0.1, 0.15) is 57.1 Å². The summed E-state index contributed by atoms with van der Waals surface area (Å²) in [5, 5.41) is 5.82. The lowest BCUT2D eigenvalue weighted by atomic mass is 9.68. The number of amides is 2. The number of hydrogen-bond donors (Lipinski definition) is 3. The van der Waals surface area contributed by atoms with Crippen LogP contribution >= 0.6 is 0 Å². The normalized spacial score (nSPS) is 17.3. The maximum atomic E-state index is 12.4. The molecule has 6 nitrogen and oxygen atoms in total. The van der Waals surface area contributed by atoms with Crippen LogP contribution in [-0.2, 0) is 15.4 Å². The van der Waals surface area contributed by atoms with Crippen molar-refractivity contribution >= 4 is 16.1 Å². The molecule has 152 valence electrons. The van der Waals surface area contributed by atoms with Crippen molar-refractivity contribution in [2.24, 2.45) is 0 Å². The monoisotopic (exact) mass is 395 g/mol. The van der Waals surface area contributed by atoms with Gasteiger partial charge in [0.15, 0.2) is 0 Å². The fraction of sp³-hybridized carbons (Fsp3) is 0.650. The standard InChI is InChI=1S/C20H33N3O3S/c1-16-10-6-7-11-17(16)20(12-8-5-9-13-20)15-22-18(24)21-14-19(2,3)23-27(4,25)26/h6-7,10-11,23H,5,8-9,12-15H2,1-4H3,(H2,21,22,24). The molecule has 0 unspecified atom stereocenters. The van der Waals surface area contributed by atoms with Gasteiger partial charge < -0.3 is 10.6 Å². The number of urea groups is 1. The average molecular weight is 396 g/mol. The number of rotatable bonds is 7. The molecule has 3 N–H and O–H groups in total. The predicted octanol–water partition coefficient (Wildman–Crippen LogP) is 2.82. The van der Waals surface area contributed by atoms with E-state index in [9.17, 15) is 13.2 Å². The Hall–Kier alpha value is -1.60. The van der Waals surface area contributed by atoms with Gasteiger partial charge in [-0.3, -0.25) is 0 Å². The van der Waals surface area contributed by atoms with Crippen LogP contribution in [0, 0.1) is 6.92 Å². The highest BCUT2D eigenvalue weighted by Crippen LogP contribution is 2.40. The van der Waals surface area contributed by atoms with Gasteiger partial charge in [-0.05, 0) is 44.7 Å². The van der Waals surface area contributed by atoms with Crippen LogP contribution < -0.4 is 15.4 Å². The molecule has 1 aliphatic rings. The zero-order valence-corrected chi connectivity index (χ0v) is 17.7. The van der Waals surface area contributed by atoms with Crippen LogP contribution in [0.4, 0.5) is 4.79 Å². The highest BCUT2D eigenvalue weighted by atomic mass is 32.2. The molecule has 0 radical (unpaired) electrons. The summed E-state index contributed by atoms with van der Waals surface area (Å²) in [6, 6.07) is 8.16. The molecule has 0 aliphatic heterocycles. The first-order valence-corrected chi connectivity index (χ1v) is 11.5. The highest BCUT2D eigenvalue weighted by molar-refractivity contribution is 7.88. The second-order valence-corrected chi connectivity index (χ2v) is 10.2. The lowest BCUT2D eigenvalue weighted by Crippen LogP contribution is -2.53. The molecule has 0 atom stereocenters. The van der Waals surface area contributed by atoms with Crippen LogP contribution in [-0.4, -0.2) is 39.3 Å². The van der Waals surface area contributed by atoms with Gasteiger partial charge >= 0.3 is 6.03 Å². The molecule has 1 aliphatic carbocycles. The molecule has 0 saturated heterocycles. The summed E-state index contributed by atoms with van der Waals surface area (Å²) in [6.07, 6.45) is 6.83. The van der Waals surface area contributed by atoms with Crippen molar-refractivity contribution in [2.75, 3.05) is 19.3 Å². The van der Waals surface area contributed by atoms with E-state index in [0.717, 1.165) is 19.1 Å². The molecule has 1 saturated carbocycles. The first-order valence-electron chi connectivity index (χ1n) is 9.60. The lowest BCUT2D eigenvalue weighted by molar-refractivity contribution is 0.227. The fourth-order valence-electron chi connectivity index (χ4n) is 4.09. The molecule has 2 rings (SSSR count). The van der Waals surface area contributed by atoms with Crippen molar-refractivity contribution < 1.29 is 13.2 Å². The third-order valence-electron chi connectivity index (χ3n) is 5.27. The summed E-state index contributed by atoms with van der Waals surface area (Å²) in [4.78, 5) is 12.4. The van der Waals surface area contributed by atoms with Crippen molar-refractivity contribution in [1.82, 2.24) is 15.4 Å². The molecule has 0 bridgehead atoms. The van der Waals surface area contributed by atoms with Gasteiger partial charge in [0.05, 0.1) is 6.26 Å². The minimum Gasteiger partial charge on any atom is -0.337 e.